The van der Waals surface area contributed by atoms with Gasteiger partial charge in [0.2, 0.25) is 5.91 Å². The summed E-state index contributed by atoms with van der Waals surface area (Å²) in [5.74, 6) is 3.41. The molecule has 5 aliphatic rings. The molecule has 0 aromatic heterocycles. The van der Waals surface area contributed by atoms with Crippen LogP contribution in [0.1, 0.15) is 39.0 Å². The van der Waals surface area contributed by atoms with Crippen molar-refractivity contribution in [1.29, 1.82) is 0 Å². The second kappa shape index (κ2) is 5.76. The van der Waals surface area contributed by atoms with Crippen LogP contribution in [0.15, 0.2) is 0 Å². The monoisotopic (exact) mass is 320 g/mol. The van der Waals surface area contributed by atoms with Gasteiger partial charge in [-0.2, -0.15) is 0 Å². The molecule has 1 heterocycles. The zero-order valence-corrected chi connectivity index (χ0v) is 14.0. The summed E-state index contributed by atoms with van der Waals surface area (Å²) >= 11 is 0. The predicted molar refractivity (Wildman–Crippen MR) is 85.4 cm³/mol. The average molecular weight is 320 g/mol. The molecule has 4 aliphatic carbocycles. The van der Waals surface area contributed by atoms with E-state index in [1.165, 1.54) is 39.0 Å². The molecule has 4 bridgehead atoms. The van der Waals surface area contributed by atoms with E-state index in [2.05, 4.69) is 0 Å². The average Bonchev–Trinajstić information content (AvgIpc) is 2.53. The number of carbonyl (C=O) groups excluding carboxylic acids is 2. The summed E-state index contributed by atoms with van der Waals surface area (Å²) in [5.41, 5.74) is 0. The number of rotatable bonds is 2. The summed E-state index contributed by atoms with van der Waals surface area (Å²) in [5, 5.41) is 9.42. The minimum Gasteiger partial charge on any atom is -0.384 e. The maximum Gasteiger partial charge on any atom is 0.251 e. The Hall–Kier alpha value is -1.10. The minimum absolute atomic E-state index is 0.216. The number of carbonyl (C=O) groups is 2. The zero-order valence-electron chi connectivity index (χ0n) is 14.0. The summed E-state index contributed by atoms with van der Waals surface area (Å²) in [7, 11) is 0. The van der Waals surface area contributed by atoms with Crippen molar-refractivity contribution in [3.8, 4) is 0 Å². The van der Waals surface area contributed by atoms with E-state index in [-0.39, 0.29) is 11.8 Å². The van der Waals surface area contributed by atoms with Crippen LogP contribution < -0.4 is 0 Å². The molecule has 5 fully saturated rings. The van der Waals surface area contributed by atoms with Gasteiger partial charge in [-0.15, -0.1) is 0 Å². The molecule has 23 heavy (non-hydrogen) atoms. The number of piperazine rings is 1. The Kier molecular flexibility index (Phi) is 3.87. The number of hydrogen-bond acceptors (Lipinski definition) is 3. The third-order valence-corrected chi connectivity index (χ3v) is 6.77. The normalized spacial score (nSPS) is 40.3. The topological polar surface area (TPSA) is 60.9 Å². The molecule has 1 unspecified atom stereocenters. The van der Waals surface area contributed by atoms with E-state index in [9.17, 15) is 14.7 Å². The molecule has 0 aromatic carbocycles. The van der Waals surface area contributed by atoms with Gasteiger partial charge in [-0.1, -0.05) is 0 Å². The number of nitrogens with zero attached hydrogens (tertiary/aromatic N) is 2. The van der Waals surface area contributed by atoms with E-state index in [4.69, 9.17) is 0 Å². The summed E-state index contributed by atoms with van der Waals surface area (Å²) < 4.78 is 0. The molecule has 0 radical (unpaired) electrons. The van der Waals surface area contributed by atoms with Crippen molar-refractivity contribution in [2.24, 2.45) is 29.6 Å². The fourth-order valence-corrected chi connectivity index (χ4v) is 5.95. The first-order valence-corrected chi connectivity index (χ1v) is 9.28. The smallest absolute Gasteiger partial charge is 0.251 e. The van der Waals surface area contributed by atoms with Crippen LogP contribution in [0.4, 0.5) is 0 Å². The van der Waals surface area contributed by atoms with Gasteiger partial charge in [0.25, 0.3) is 5.91 Å². The van der Waals surface area contributed by atoms with Gasteiger partial charge in [-0.05, 0) is 62.7 Å². The predicted octanol–water partition coefficient (Wildman–Crippen LogP) is 1.11. The summed E-state index contributed by atoms with van der Waals surface area (Å²) in [4.78, 5) is 28.6. The van der Waals surface area contributed by atoms with Gasteiger partial charge in [0.1, 0.15) is 6.10 Å². The molecular weight excluding hydrogens is 292 g/mol. The largest absolute Gasteiger partial charge is 0.384 e. The molecule has 1 saturated heterocycles. The Bertz CT molecular complexity index is 468. The molecule has 5 heteroatoms. The molecule has 128 valence electrons. The molecule has 1 N–H and O–H groups in total. The van der Waals surface area contributed by atoms with Gasteiger partial charge in [0, 0.05) is 32.1 Å². The SMILES string of the molecule is CC(O)C(=O)N1CCN(C(=O)C2C3CC4CC(C3)CC2C4)CC1. The summed E-state index contributed by atoms with van der Waals surface area (Å²) in [6.07, 6.45) is 5.54. The van der Waals surface area contributed by atoms with Gasteiger partial charge in [0.05, 0.1) is 0 Å². The quantitative estimate of drug-likeness (QED) is 0.829. The van der Waals surface area contributed by atoms with E-state index >= 15 is 0 Å². The lowest BCUT2D eigenvalue weighted by molar-refractivity contribution is -0.154. The van der Waals surface area contributed by atoms with Crippen LogP contribution in [0.2, 0.25) is 0 Å². The van der Waals surface area contributed by atoms with E-state index in [1.54, 1.807) is 4.90 Å². The Morgan fingerprint density at radius 1 is 0.870 bits per heavy atom. The van der Waals surface area contributed by atoms with Crippen molar-refractivity contribution in [1.82, 2.24) is 9.80 Å². The lowest BCUT2D eigenvalue weighted by atomic mass is 9.51. The Labute approximate surface area is 138 Å². The third kappa shape index (κ3) is 2.67. The first-order valence-electron chi connectivity index (χ1n) is 9.28. The number of amides is 2. The van der Waals surface area contributed by atoms with Gasteiger partial charge >= 0.3 is 0 Å². The summed E-state index contributed by atoms with van der Waals surface area (Å²) in [6, 6.07) is 0. The van der Waals surface area contributed by atoms with E-state index in [1.807, 2.05) is 4.90 Å². The Morgan fingerprint density at radius 3 is 1.83 bits per heavy atom. The Balaban J connectivity index is 1.38. The van der Waals surface area contributed by atoms with Crippen LogP contribution in [-0.4, -0.2) is 59.0 Å². The molecule has 4 saturated carbocycles. The van der Waals surface area contributed by atoms with E-state index < -0.39 is 6.10 Å². The van der Waals surface area contributed by atoms with Crippen LogP contribution in [0.25, 0.3) is 0 Å². The second-order valence-corrected chi connectivity index (χ2v) is 8.28. The molecule has 0 aromatic rings. The third-order valence-electron chi connectivity index (χ3n) is 6.77. The van der Waals surface area contributed by atoms with Crippen LogP contribution >= 0.6 is 0 Å². The van der Waals surface area contributed by atoms with E-state index in [0.29, 0.717) is 43.9 Å². The van der Waals surface area contributed by atoms with Crippen LogP contribution in [0.3, 0.4) is 0 Å². The maximum atomic E-state index is 13.1. The van der Waals surface area contributed by atoms with Crippen LogP contribution in [-0.2, 0) is 9.59 Å². The molecule has 5 rings (SSSR count). The van der Waals surface area contributed by atoms with Crippen molar-refractivity contribution in [2.75, 3.05) is 26.2 Å². The maximum absolute atomic E-state index is 13.1. The first kappa shape index (κ1) is 15.4. The van der Waals surface area contributed by atoms with Crippen molar-refractivity contribution in [3.05, 3.63) is 0 Å². The van der Waals surface area contributed by atoms with Gasteiger partial charge in [-0.25, -0.2) is 0 Å². The lowest BCUT2D eigenvalue weighted by Crippen LogP contribution is -2.57. The number of aliphatic hydroxyl groups excluding tert-OH is 1. The van der Waals surface area contributed by atoms with Crippen molar-refractivity contribution in [3.63, 3.8) is 0 Å². The fourth-order valence-electron chi connectivity index (χ4n) is 5.95. The molecule has 1 atom stereocenters. The molecule has 2 amide bonds. The fraction of sp³-hybridized carbons (Fsp3) is 0.889. The lowest BCUT2D eigenvalue weighted by Gasteiger charge is -2.54. The molecule has 0 spiro atoms. The second-order valence-electron chi connectivity index (χ2n) is 8.28. The number of aliphatic hydroxyl groups is 1. The van der Waals surface area contributed by atoms with Crippen LogP contribution in [0, 0.1) is 29.6 Å². The van der Waals surface area contributed by atoms with Gasteiger partial charge < -0.3 is 14.9 Å². The first-order chi connectivity index (χ1) is 11.0. The van der Waals surface area contributed by atoms with Crippen molar-refractivity contribution >= 4 is 11.8 Å². The highest BCUT2D eigenvalue weighted by atomic mass is 16.3. The van der Waals surface area contributed by atoms with Crippen LogP contribution in [0.5, 0.6) is 0 Å². The molecule has 1 aliphatic heterocycles. The summed E-state index contributed by atoms with van der Waals surface area (Å²) in [6.45, 7) is 3.88. The highest BCUT2D eigenvalue weighted by Crippen LogP contribution is 2.56. The number of hydrogen-bond donors (Lipinski definition) is 1. The zero-order chi connectivity index (χ0) is 16.1. The van der Waals surface area contributed by atoms with E-state index in [0.717, 1.165) is 11.8 Å². The minimum atomic E-state index is -0.943. The molecular formula is C18H28N2O3. The highest BCUT2D eigenvalue weighted by Gasteiger charge is 2.51. The van der Waals surface area contributed by atoms with Crippen molar-refractivity contribution in [2.45, 2.75) is 45.1 Å². The molecule has 5 nitrogen and oxygen atoms in total. The highest BCUT2D eigenvalue weighted by molar-refractivity contribution is 5.82. The Morgan fingerprint density at radius 2 is 1.35 bits per heavy atom. The standard InChI is InChI=1S/C18H28N2O3/c1-11(21)17(22)19-2-4-20(5-3-19)18(23)16-14-7-12-6-13(9-14)10-15(16)8-12/h11-16,21H,2-10H2,1H3. The van der Waals surface area contributed by atoms with Crippen molar-refractivity contribution < 1.29 is 14.7 Å². The van der Waals surface area contributed by atoms with Gasteiger partial charge in [-0.3, -0.25) is 9.59 Å². The van der Waals surface area contributed by atoms with Gasteiger partial charge in [0.15, 0.2) is 0 Å².